The van der Waals surface area contributed by atoms with Gasteiger partial charge in [-0.2, -0.15) is 0 Å². The number of anilines is 1. The van der Waals surface area contributed by atoms with Crippen molar-refractivity contribution in [3.8, 4) is 0 Å². The summed E-state index contributed by atoms with van der Waals surface area (Å²) in [4.78, 5) is 17.4. The topological polar surface area (TPSA) is 60.9 Å². The quantitative estimate of drug-likeness (QED) is 0.856. The molecule has 19 heavy (non-hydrogen) atoms. The molecule has 4 nitrogen and oxygen atoms in total. The number of rotatable bonds is 2. The van der Waals surface area contributed by atoms with Crippen LogP contribution in [0.5, 0.6) is 0 Å². The van der Waals surface area contributed by atoms with Crippen LogP contribution in [0, 0.1) is 0 Å². The van der Waals surface area contributed by atoms with Gasteiger partial charge in [-0.1, -0.05) is 23.9 Å². The fraction of sp³-hybridized carbons (Fsp3) is 0.286. The van der Waals surface area contributed by atoms with Crippen molar-refractivity contribution in [2.24, 2.45) is 0 Å². The van der Waals surface area contributed by atoms with E-state index in [1.165, 1.54) is 11.8 Å². The van der Waals surface area contributed by atoms with E-state index in [9.17, 15) is 4.79 Å². The SMILES string of the molecule is CC(C)(C)n1ccnc(Sc2ccccc2N)c1=O. The molecule has 1 heterocycles. The third-order valence-electron chi connectivity index (χ3n) is 2.66. The summed E-state index contributed by atoms with van der Waals surface area (Å²) >= 11 is 1.30. The van der Waals surface area contributed by atoms with E-state index in [0.717, 1.165) is 4.90 Å². The Bertz CT molecular complexity index is 644. The summed E-state index contributed by atoms with van der Waals surface area (Å²) in [5, 5.41) is 0.440. The summed E-state index contributed by atoms with van der Waals surface area (Å²) in [6.07, 6.45) is 3.36. The smallest absolute Gasteiger partial charge is 0.283 e. The summed E-state index contributed by atoms with van der Waals surface area (Å²) in [5.41, 5.74) is 6.18. The van der Waals surface area contributed by atoms with Crippen molar-refractivity contribution < 1.29 is 0 Å². The summed E-state index contributed by atoms with van der Waals surface area (Å²) in [6.45, 7) is 5.96. The number of nitrogens with zero attached hydrogens (tertiary/aromatic N) is 2. The summed E-state index contributed by atoms with van der Waals surface area (Å²) in [5.74, 6) is 0. The van der Waals surface area contributed by atoms with Crippen molar-refractivity contribution in [1.82, 2.24) is 9.55 Å². The minimum absolute atomic E-state index is 0.0942. The minimum atomic E-state index is -0.266. The van der Waals surface area contributed by atoms with Gasteiger partial charge in [-0.25, -0.2) is 4.98 Å². The monoisotopic (exact) mass is 275 g/mol. The molecule has 0 unspecified atom stereocenters. The molecule has 0 fully saturated rings. The van der Waals surface area contributed by atoms with Crippen molar-refractivity contribution in [2.45, 2.75) is 36.2 Å². The highest BCUT2D eigenvalue weighted by atomic mass is 32.2. The third kappa shape index (κ3) is 2.98. The second-order valence-corrected chi connectivity index (χ2v) is 6.25. The number of nitrogen functional groups attached to an aromatic ring is 1. The molecule has 0 aliphatic rings. The lowest BCUT2D eigenvalue weighted by Crippen LogP contribution is -2.34. The Kier molecular flexibility index (Phi) is 3.66. The first-order valence-corrected chi connectivity index (χ1v) is 6.82. The zero-order chi connectivity index (χ0) is 14.0. The van der Waals surface area contributed by atoms with Crippen LogP contribution < -0.4 is 11.3 Å². The van der Waals surface area contributed by atoms with Crippen LogP contribution >= 0.6 is 11.8 Å². The molecule has 0 atom stereocenters. The third-order valence-corrected chi connectivity index (χ3v) is 3.72. The van der Waals surface area contributed by atoms with Crippen LogP contribution in [0.15, 0.2) is 51.4 Å². The second-order valence-electron chi connectivity index (χ2n) is 5.22. The van der Waals surface area contributed by atoms with Gasteiger partial charge in [0, 0.05) is 28.5 Å². The molecule has 2 rings (SSSR count). The first-order valence-electron chi connectivity index (χ1n) is 6.00. The Balaban J connectivity index is 2.43. The van der Waals surface area contributed by atoms with Crippen LogP contribution in [0.4, 0.5) is 5.69 Å². The number of benzene rings is 1. The molecule has 100 valence electrons. The molecule has 1 aromatic carbocycles. The largest absolute Gasteiger partial charge is 0.398 e. The van der Waals surface area contributed by atoms with Gasteiger partial charge >= 0.3 is 0 Å². The number of nitrogens with two attached hydrogens (primary N) is 1. The molecular formula is C14H17N3OS. The standard InChI is InChI=1S/C14H17N3OS/c1-14(2,3)17-9-8-16-12(13(17)18)19-11-7-5-4-6-10(11)15/h4-9H,15H2,1-3H3. The average Bonchev–Trinajstić information content (AvgIpc) is 2.33. The van der Waals surface area contributed by atoms with E-state index in [-0.39, 0.29) is 11.1 Å². The molecule has 2 aromatic rings. The highest BCUT2D eigenvalue weighted by molar-refractivity contribution is 7.99. The van der Waals surface area contributed by atoms with E-state index in [1.54, 1.807) is 17.0 Å². The van der Waals surface area contributed by atoms with Gasteiger partial charge in [0.1, 0.15) is 0 Å². The van der Waals surface area contributed by atoms with Gasteiger partial charge in [0.15, 0.2) is 5.03 Å². The van der Waals surface area contributed by atoms with Gasteiger partial charge in [-0.05, 0) is 32.9 Å². The van der Waals surface area contributed by atoms with Gasteiger partial charge < -0.3 is 10.3 Å². The van der Waals surface area contributed by atoms with Gasteiger partial charge in [-0.3, -0.25) is 4.79 Å². The summed E-state index contributed by atoms with van der Waals surface area (Å²) in [7, 11) is 0. The molecule has 0 bridgehead atoms. The molecule has 0 saturated carbocycles. The number of aromatic nitrogens is 2. The summed E-state index contributed by atoms with van der Waals surface area (Å²) in [6, 6.07) is 7.46. The van der Waals surface area contributed by atoms with E-state index in [2.05, 4.69) is 4.98 Å². The zero-order valence-electron chi connectivity index (χ0n) is 11.3. The number of para-hydroxylation sites is 1. The molecule has 0 spiro atoms. The molecule has 0 aliphatic carbocycles. The van der Waals surface area contributed by atoms with E-state index < -0.39 is 0 Å². The van der Waals surface area contributed by atoms with E-state index in [4.69, 9.17) is 5.73 Å². The highest BCUT2D eigenvalue weighted by Gasteiger charge is 2.17. The Hall–Kier alpha value is -1.75. The molecule has 2 N–H and O–H groups in total. The predicted molar refractivity (Wildman–Crippen MR) is 78.5 cm³/mol. The molecule has 0 amide bonds. The van der Waals surface area contributed by atoms with Gasteiger partial charge in [-0.15, -0.1) is 0 Å². The Morgan fingerprint density at radius 3 is 2.58 bits per heavy atom. The fourth-order valence-corrected chi connectivity index (χ4v) is 2.51. The maximum Gasteiger partial charge on any atom is 0.283 e. The number of hydrogen-bond acceptors (Lipinski definition) is 4. The molecule has 0 aliphatic heterocycles. The molecule has 5 heteroatoms. The lowest BCUT2D eigenvalue weighted by Gasteiger charge is -2.22. The molecular weight excluding hydrogens is 258 g/mol. The Morgan fingerprint density at radius 1 is 1.26 bits per heavy atom. The first-order chi connectivity index (χ1) is 8.89. The van der Waals surface area contributed by atoms with E-state index >= 15 is 0 Å². The van der Waals surface area contributed by atoms with Crippen LogP contribution in [0.2, 0.25) is 0 Å². The van der Waals surface area contributed by atoms with Crippen LogP contribution in [0.25, 0.3) is 0 Å². The van der Waals surface area contributed by atoms with Crippen molar-refractivity contribution in [3.63, 3.8) is 0 Å². The van der Waals surface area contributed by atoms with Crippen LogP contribution in [-0.2, 0) is 5.54 Å². The number of hydrogen-bond donors (Lipinski definition) is 1. The summed E-state index contributed by atoms with van der Waals surface area (Å²) < 4.78 is 1.68. The van der Waals surface area contributed by atoms with Gasteiger partial charge in [0.05, 0.1) is 0 Å². The maximum absolute atomic E-state index is 12.4. The second kappa shape index (κ2) is 5.09. The van der Waals surface area contributed by atoms with Crippen molar-refractivity contribution >= 4 is 17.4 Å². The maximum atomic E-state index is 12.4. The normalized spacial score (nSPS) is 11.5. The van der Waals surface area contributed by atoms with Crippen molar-refractivity contribution in [2.75, 3.05) is 5.73 Å². The molecule has 1 aromatic heterocycles. The van der Waals surface area contributed by atoms with Crippen molar-refractivity contribution in [1.29, 1.82) is 0 Å². The molecule has 0 radical (unpaired) electrons. The Morgan fingerprint density at radius 2 is 1.95 bits per heavy atom. The Labute approximate surface area is 116 Å². The zero-order valence-corrected chi connectivity index (χ0v) is 12.1. The molecule has 0 saturated heterocycles. The van der Waals surface area contributed by atoms with E-state index in [1.807, 2.05) is 45.0 Å². The van der Waals surface area contributed by atoms with Crippen LogP contribution in [-0.4, -0.2) is 9.55 Å². The fourth-order valence-electron chi connectivity index (χ4n) is 1.67. The van der Waals surface area contributed by atoms with Crippen LogP contribution in [0.3, 0.4) is 0 Å². The predicted octanol–water partition coefficient (Wildman–Crippen LogP) is 2.73. The lowest BCUT2D eigenvalue weighted by molar-refractivity contribution is 0.377. The van der Waals surface area contributed by atoms with E-state index in [0.29, 0.717) is 10.7 Å². The van der Waals surface area contributed by atoms with Crippen LogP contribution in [0.1, 0.15) is 20.8 Å². The minimum Gasteiger partial charge on any atom is -0.398 e. The highest BCUT2D eigenvalue weighted by Crippen LogP contribution is 2.28. The first kappa shape index (κ1) is 13.7. The lowest BCUT2D eigenvalue weighted by atomic mass is 10.1. The average molecular weight is 275 g/mol. The van der Waals surface area contributed by atoms with Crippen molar-refractivity contribution in [3.05, 3.63) is 47.0 Å². The van der Waals surface area contributed by atoms with Gasteiger partial charge in [0.2, 0.25) is 0 Å². The van der Waals surface area contributed by atoms with Gasteiger partial charge in [0.25, 0.3) is 5.56 Å².